The molecule has 5 rings (SSSR count). The molecule has 1 N–H and O–H groups in total. The quantitative estimate of drug-likeness (QED) is 0.623. The Morgan fingerprint density at radius 2 is 2.06 bits per heavy atom. The molecule has 0 unspecified atom stereocenters. The zero-order valence-electron chi connectivity index (χ0n) is 17.9. The topological polar surface area (TPSA) is 60.5 Å². The first-order valence-electron chi connectivity index (χ1n) is 11.3. The summed E-state index contributed by atoms with van der Waals surface area (Å²) in [6.45, 7) is 3.57. The molecule has 3 aliphatic rings. The molecule has 1 aromatic carbocycles. The van der Waals surface area contributed by atoms with Gasteiger partial charge in [-0.1, -0.05) is 23.9 Å². The molecular formula is C25H28N2O3S. The van der Waals surface area contributed by atoms with Gasteiger partial charge < -0.3 is 14.8 Å². The molecule has 31 heavy (non-hydrogen) atoms. The molecule has 0 bridgehead atoms. The monoisotopic (exact) mass is 436 g/mol. The average molecular weight is 437 g/mol. The van der Waals surface area contributed by atoms with Crippen LogP contribution in [-0.4, -0.2) is 30.7 Å². The van der Waals surface area contributed by atoms with Crippen LogP contribution in [0.1, 0.15) is 44.7 Å². The van der Waals surface area contributed by atoms with Crippen LogP contribution in [-0.2, 0) is 9.53 Å². The fourth-order valence-electron chi connectivity index (χ4n) is 3.89. The number of nitrogens with zero attached hydrogens (tertiary/aromatic N) is 1. The number of carbonyl (C=O) groups is 1. The highest BCUT2D eigenvalue weighted by Gasteiger charge is 2.28. The van der Waals surface area contributed by atoms with Gasteiger partial charge in [-0.2, -0.15) is 0 Å². The first-order valence-corrected chi connectivity index (χ1v) is 12.1. The van der Waals surface area contributed by atoms with Crippen LogP contribution >= 0.6 is 11.8 Å². The molecule has 0 radical (unpaired) electrons. The number of allylic oxidation sites excluding steroid dienone is 3. The predicted molar refractivity (Wildman–Crippen MR) is 126 cm³/mol. The zero-order chi connectivity index (χ0) is 21.2. The minimum Gasteiger partial charge on any atom is -0.493 e. The number of benzene rings is 1. The molecule has 1 aromatic heterocycles. The van der Waals surface area contributed by atoms with Crippen LogP contribution in [0, 0.1) is 11.8 Å². The van der Waals surface area contributed by atoms with Gasteiger partial charge in [-0.05, 0) is 68.0 Å². The largest absolute Gasteiger partial charge is 0.493 e. The summed E-state index contributed by atoms with van der Waals surface area (Å²) in [6, 6.07) is 7.91. The molecule has 1 amide bonds. The Bertz CT molecular complexity index is 1050. The second kappa shape index (κ2) is 9.05. The second-order valence-electron chi connectivity index (χ2n) is 8.38. The third kappa shape index (κ3) is 4.65. The molecule has 0 spiro atoms. The van der Waals surface area contributed by atoms with Gasteiger partial charge in [0.25, 0.3) is 0 Å². The van der Waals surface area contributed by atoms with Gasteiger partial charge in [0.05, 0.1) is 36.9 Å². The molecule has 1 saturated heterocycles. The summed E-state index contributed by atoms with van der Waals surface area (Å²) in [7, 11) is 0. The normalized spacial score (nSPS) is 23.0. The molecule has 162 valence electrons. The van der Waals surface area contributed by atoms with Crippen LogP contribution in [0.15, 0.2) is 41.3 Å². The minimum atomic E-state index is -0.0560. The summed E-state index contributed by atoms with van der Waals surface area (Å²) in [5.41, 5.74) is 2.61. The lowest BCUT2D eigenvalue weighted by atomic mass is 10.1. The van der Waals surface area contributed by atoms with Crippen molar-refractivity contribution in [1.82, 2.24) is 4.98 Å². The zero-order valence-corrected chi connectivity index (χ0v) is 18.7. The maximum atomic E-state index is 12.3. The minimum absolute atomic E-state index is 0.00334. The van der Waals surface area contributed by atoms with Gasteiger partial charge >= 0.3 is 0 Å². The van der Waals surface area contributed by atoms with Crippen molar-refractivity contribution in [1.29, 1.82) is 0 Å². The second-order valence-corrected chi connectivity index (χ2v) is 9.49. The van der Waals surface area contributed by atoms with Gasteiger partial charge in [-0.25, -0.2) is 4.98 Å². The van der Waals surface area contributed by atoms with E-state index in [0.717, 1.165) is 40.4 Å². The van der Waals surface area contributed by atoms with Crippen molar-refractivity contribution < 1.29 is 14.3 Å². The smallest absolute Gasteiger partial charge is 0.232 e. The average Bonchev–Trinajstić information content (AvgIpc) is 3.52. The Hall–Kier alpha value is -2.31. The number of aromatic nitrogens is 1. The highest BCUT2D eigenvalue weighted by Crippen LogP contribution is 2.48. The Balaban J connectivity index is 1.47. The number of ether oxygens (including phenoxy) is 2. The molecule has 3 heterocycles. The molecule has 1 aliphatic carbocycles. The van der Waals surface area contributed by atoms with Gasteiger partial charge in [0.15, 0.2) is 0 Å². The van der Waals surface area contributed by atoms with Crippen molar-refractivity contribution in [2.75, 3.05) is 25.1 Å². The van der Waals surface area contributed by atoms with Crippen molar-refractivity contribution in [2.45, 2.75) is 39.0 Å². The maximum absolute atomic E-state index is 12.3. The SMILES string of the molecule is CCOc1cc(/C2=C/CCC/C=C(\C3CC3)S2)nc2ccc(NC(=O)C3COC3)cc12. The Kier molecular flexibility index (Phi) is 6.01. The van der Waals surface area contributed by atoms with Crippen molar-refractivity contribution in [3.8, 4) is 5.75 Å². The number of fused-ring (bicyclic) bond motifs is 1. The van der Waals surface area contributed by atoms with Crippen molar-refractivity contribution in [3.05, 3.63) is 47.0 Å². The lowest BCUT2D eigenvalue weighted by Crippen LogP contribution is -2.38. The molecule has 0 atom stereocenters. The maximum Gasteiger partial charge on any atom is 0.232 e. The molecule has 2 aromatic rings. The van der Waals surface area contributed by atoms with Crippen LogP contribution in [0.2, 0.25) is 0 Å². The molecule has 6 heteroatoms. The van der Waals surface area contributed by atoms with E-state index in [1.165, 1.54) is 35.5 Å². The van der Waals surface area contributed by atoms with Gasteiger partial charge in [-0.3, -0.25) is 4.79 Å². The van der Waals surface area contributed by atoms with Crippen LogP contribution in [0.5, 0.6) is 5.75 Å². The number of amides is 1. The Labute approximate surface area is 187 Å². The molecule has 5 nitrogen and oxygen atoms in total. The van der Waals surface area contributed by atoms with E-state index in [1.807, 2.05) is 36.9 Å². The van der Waals surface area contributed by atoms with Crippen LogP contribution in [0.3, 0.4) is 0 Å². The molecule has 2 fully saturated rings. The summed E-state index contributed by atoms with van der Waals surface area (Å²) >= 11 is 1.88. The number of carbonyl (C=O) groups excluding carboxylic acids is 1. The predicted octanol–water partition coefficient (Wildman–Crippen LogP) is 5.77. The number of nitrogens with one attached hydrogen (secondary N) is 1. The number of pyridine rings is 1. The van der Waals surface area contributed by atoms with Crippen LogP contribution in [0.25, 0.3) is 15.8 Å². The number of hydrogen-bond donors (Lipinski definition) is 1. The first-order chi connectivity index (χ1) is 15.2. The highest BCUT2D eigenvalue weighted by atomic mass is 32.2. The van der Waals surface area contributed by atoms with Crippen molar-refractivity contribution in [2.24, 2.45) is 11.8 Å². The van der Waals surface area contributed by atoms with Crippen LogP contribution < -0.4 is 10.1 Å². The third-order valence-electron chi connectivity index (χ3n) is 5.89. The standard InChI is InChI=1S/C25H28N2O3S/c1-2-30-22-13-21(24-7-5-3-4-6-23(31-24)16-8-9-16)27-20-11-10-18(12-19(20)22)26-25(28)17-14-29-15-17/h6-7,10-13,16-17H,2-5,8-9,14-15H2,1H3,(H,26,28)/b23-6+,24-7-. The van der Waals surface area contributed by atoms with Gasteiger partial charge in [0.2, 0.25) is 5.91 Å². The summed E-state index contributed by atoms with van der Waals surface area (Å²) < 4.78 is 11.1. The number of rotatable bonds is 6. The van der Waals surface area contributed by atoms with Gasteiger partial charge in [0, 0.05) is 22.0 Å². The van der Waals surface area contributed by atoms with E-state index >= 15 is 0 Å². The number of anilines is 1. The third-order valence-corrected chi connectivity index (χ3v) is 7.22. The van der Waals surface area contributed by atoms with E-state index in [9.17, 15) is 4.79 Å². The van der Waals surface area contributed by atoms with Crippen molar-refractivity contribution in [3.63, 3.8) is 0 Å². The fourth-order valence-corrected chi connectivity index (χ4v) is 5.15. The summed E-state index contributed by atoms with van der Waals surface area (Å²) in [4.78, 5) is 20.0. The Morgan fingerprint density at radius 3 is 2.81 bits per heavy atom. The number of thioether (sulfide) groups is 1. The van der Waals surface area contributed by atoms with E-state index in [0.29, 0.717) is 19.8 Å². The van der Waals surface area contributed by atoms with E-state index in [-0.39, 0.29) is 11.8 Å². The van der Waals surface area contributed by atoms with E-state index < -0.39 is 0 Å². The fraction of sp³-hybridized carbons (Fsp3) is 0.440. The Morgan fingerprint density at radius 1 is 1.23 bits per heavy atom. The summed E-state index contributed by atoms with van der Waals surface area (Å²) in [5, 5.41) is 3.92. The van der Waals surface area contributed by atoms with E-state index in [2.05, 4.69) is 23.5 Å². The summed E-state index contributed by atoms with van der Waals surface area (Å²) in [5.74, 6) is 1.50. The molecular weight excluding hydrogens is 408 g/mol. The highest BCUT2D eigenvalue weighted by molar-refractivity contribution is 8.11. The van der Waals surface area contributed by atoms with E-state index in [1.54, 1.807) is 0 Å². The van der Waals surface area contributed by atoms with Gasteiger partial charge in [0.1, 0.15) is 5.75 Å². The lowest BCUT2D eigenvalue weighted by molar-refractivity contribution is -0.133. The summed E-state index contributed by atoms with van der Waals surface area (Å²) in [6.07, 6.45) is 10.8. The van der Waals surface area contributed by atoms with Crippen LogP contribution in [0.4, 0.5) is 5.69 Å². The molecule has 1 saturated carbocycles. The van der Waals surface area contributed by atoms with Gasteiger partial charge in [-0.15, -0.1) is 0 Å². The van der Waals surface area contributed by atoms with Crippen molar-refractivity contribution >= 4 is 39.2 Å². The lowest BCUT2D eigenvalue weighted by Gasteiger charge is -2.24. The number of hydrogen-bond acceptors (Lipinski definition) is 5. The first kappa shape index (κ1) is 20.6. The van der Waals surface area contributed by atoms with E-state index in [4.69, 9.17) is 14.5 Å². The molecule has 2 aliphatic heterocycles.